The van der Waals surface area contributed by atoms with Crippen molar-refractivity contribution in [1.82, 2.24) is 4.98 Å². The Morgan fingerprint density at radius 2 is 2.22 bits per heavy atom. The van der Waals surface area contributed by atoms with Crippen LogP contribution in [-0.4, -0.2) is 22.7 Å². The lowest BCUT2D eigenvalue weighted by atomic mass is 10.1. The molecule has 0 amide bonds. The molecule has 1 atom stereocenters. The molecule has 0 saturated carbocycles. The number of hydrogen-bond acceptors (Lipinski definition) is 3. The largest absolute Gasteiger partial charge is 0.390 e. The minimum Gasteiger partial charge on any atom is -0.390 e. The topological polar surface area (TPSA) is 36.4 Å². The molecule has 3 nitrogen and oxygen atoms in total. The van der Waals surface area contributed by atoms with Crippen molar-refractivity contribution >= 4 is 16.6 Å². The van der Waals surface area contributed by atoms with E-state index in [1.54, 1.807) is 0 Å². The molecule has 0 aliphatic carbocycles. The third-order valence-corrected chi connectivity index (χ3v) is 3.77. The van der Waals surface area contributed by atoms with Gasteiger partial charge in [-0.3, -0.25) is 4.98 Å². The van der Waals surface area contributed by atoms with Gasteiger partial charge in [0.25, 0.3) is 0 Å². The summed E-state index contributed by atoms with van der Waals surface area (Å²) in [5, 5.41) is 10.5. The van der Waals surface area contributed by atoms with E-state index in [0.717, 1.165) is 17.8 Å². The molecule has 2 aromatic rings. The van der Waals surface area contributed by atoms with Crippen molar-refractivity contribution in [2.45, 2.75) is 32.4 Å². The molecule has 1 unspecified atom stereocenters. The Kier molecular flexibility index (Phi) is 2.92. The Labute approximate surface area is 107 Å². The van der Waals surface area contributed by atoms with E-state index in [9.17, 15) is 5.11 Å². The van der Waals surface area contributed by atoms with E-state index < -0.39 is 0 Å². The highest BCUT2D eigenvalue weighted by Gasteiger charge is 2.22. The van der Waals surface area contributed by atoms with Gasteiger partial charge in [0.05, 0.1) is 17.8 Å². The van der Waals surface area contributed by atoms with Gasteiger partial charge in [-0.05, 0) is 31.9 Å². The minimum atomic E-state index is 0.0000548. The van der Waals surface area contributed by atoms with Crippen LogP contribution in [0.4, 0.5) is 5.69 Å². The van der Waals surface area contributed by atoms with Crippen LogP contribution in [0.15, 0.2) is 30.3 Å². The Balaban J connectivity index is 2.19. The normalized spacial score (nSPS) is 19.7. The van der Waals surface area contributed by atoms with Gasteiger partial charge in [0.2, 0.25) is 0 Å². The summed E-state index contributed by atoms with van der Waals surface area (Å²) < 4.78 is 0. The van der Waals surface area contributed by atoms with E-state index in [-0.39, 0.29) is 6.61 Å². The highest BCUT2D eigenvalue weighted by Crippen LogP contribution is 2.32. The fourth-order valence-electron chi connectivity index (χ4n) is 2.82. The first-order valence-electron chi connectivity index (χ1n) is 6.56. The molecule has 1 aliphatic rings. The number of para-hydroxylation sites is 1. The maximum Gasteiger partial charge on any atom is 0.0854 e. The number of pyridine rings is 1. The quantitative estimate of drug-likeness (QED) is 0.879. The number of benzene rings is 1. The monoisotopic (exact) mass is 242 g/mol. The summed E-state index contributed by atoms with van der Waals surface area (Å²) in [6.07, 6.45) is 2.48. The SMILES string of the molecule is CC1CCCN1c1cc(CO)nc2ccccc12. The Bertz CT molecular complexity index is 567. The van der Waals surface area contributed by atoms with Gasteiger partial charge in [-0.15, -0.1) is 0 Å². The average molecular weight is 242 g/mol. The van der Waals surface area contributed by atoms with Crippen LogP contribution in [0, 0.1) is 0 Å². The van der Waals surface area contributed by atoms with Crippen molar-refractivity contribution in [2.75, 3.05) is 11.4 Å². The van der Waals surface area contributed by atoms with E-state index in [1.165, 1.54) is 23.9 Å². The summed E-state index contributed by atoms with van der Waals surface area (Å²) in [6, 6.07) is 10.8. The van der Waals surface area contributed by atoms with Gasteiger partial charge in [-0.1, -0.05) is 18.2 Å². The van der Waals surface area contributed by atoms with E-state index in [1.807, 2.05) is 24.3 Å². The molecular formula is C15H18N2O. The maximum atomic E-state index is 9.35. The summed E-state index contributed by atoms with van der Waals surface area (Å²) in [7, 11) is 0. The number of anilines is 1. The van der Waals surface area contributed by atoms with Crippen LogP contribution in [0.5, 0.6) is 0 Å². The summed E-state index contributed by atoms with van der Waals surface area (Å²) in [6.45, 7) is 3.36. The molecule has 1 aliphatic heterocycles. The van der Waals surface area contributed by atoms with Crippen LogP contribution < -0.4 is 4.90 Å². The van der Waals surface area contributed by atoms with Crippen molar-refractivity contribution in [2.24, 2.45) is 0 Å². The van der Waals surface area contributed by atoms with Gasteiger partial charge in [0.15, 0.2) is 0 Å². The van der Waals surface area contributed by atoms with Crippen LogP contribution in [-0.2, 0) is 6.61 Å². The zero-order chi connectivity index (χ0) is 12.5. The average Bonchev–Trinajstić information content (AvgIpc) is 2.83. The summed E-state index contributed by atoms with van der Waals surface area (Å²) >= 11 is 0. The molecule has 1 N–H and O–H groups in total. The second-order valence-corrected chi connectivity index (χ2v) is 4.99. The molecule has 3 rings (SSSR count). The number of hydrogen-bond donors (Lipinski definition) is 1. The van der Waals surface area contributed by atoms with E-state index in [0.29, 0.717) is 6.04 Å². The summed E-state index contributed by atoms with van der Waals surface area (Å²) in [5.41, 5.74) is 2.94. The summed E-state index contributed by atoms with van der Waals surface area (Å²) in [4.78, 5) is 6.91. The molecule has 2 heterocycles. The van der Waals surface area contributed by atoms with Gasteiger partial charge in [0.1, 0.15) is 0 Å². The maximum absolute atomic E-state index is 9.35. The molecule has 1 aromatic carbocycles. The number of aliphatic hydroxyl groups is 1. The van der Waals surface area contributed by atoms with Crippen molar-refractivity contribution in [3.63, 3.8) is 0 Å². The lowest BCUT2D eigenvalue weighted by molar-refractivity contribution is 0.277. The van der Waals surface area contributed by atoms with Gasteiger partial charge < -0.3 is 10.0 Å². The predicted molar refractivity (Wildman–Crippen MR) is 73.7 cm³/mol. The third kappa shape index (κ3) is 1.85. The molecule has 0 radical (unpaired) electrons. The van der Waals surface area contributed by atoms with Crippen LogP contribution in [0.1, 0.15) is 25.5 Å². The smallest absolute Gasteiger partial charge is 0.0854 e. The predicted octanol–water partition coefficient (Wildman–Crippen LogP) is 2.72. The van der Waals surface area contributed by atoms with E-state index in [4.69, 9.17) is 0 Å². The number of aromatic nitrogens is 1. The molecule has 1 fully saturated rings. The van der Waals surface area contributed by atoms with Gasteiger partial charge in [-0.2, -0.15) is 0 Å². The highest BCUT2D eigenvalue weighted by molar-refractivity contribution is 5.92. The lowest BCUT2D eigenvalue weighted by Gasteiger charge is -2.25. The van der Waals surface area contributed by atoms with E-state index >= 15 is 0 Å². The number of fused-ring (bicyclic) bond motifs is 1. The molecule has 0 bridgehead atoms. The van der Waals surface area contributed by atoms with Gasteiger partial charge >= 0.3 is 0 Å². The Hall–Kier alpha value is -1.61. The molecule has 18 heavy (non-hydrogen) atoms. The zero-order valence-electron chi connectivity index (χ0n) is 10.6. The van der Waals surface area contributed by atoms with Gasteiger partial charge in [0, 0.05) is 23.7 Å². The number of nitrogens with zero attached hydrogens (tertiary/aromatic N) is 2. The second kappa shape index (κ2) is 4.58. The highest BCUT2D eigenvalue weighted by atomic mass is 16.3. The van der Waals surface area contributed by atoms with Crippen LogP contribution in [0.2, 0.25) is 0 Å². The third-order valence-electron chi connectivity index (χ3n) is 3.77. The Morgan fingerprint density at radius 3 is 2.94 bits per heavy atom. The zero-order valence-corrected chi connectivity index (χ0v) is 10.6. The standard InChI is InChI=1S/C15H18N2O/c1-11-5-4-8-17(11)15-9-12(10-18)16-14-7-3-2-6-13(14)15/h2-3,6-7,9,11,18H,4-5,8,10H2,1H3. The van der Waals surface area contributed by atoms with Crippen molar-refractivity contribution in [3.05, 3.63) is 36.0 Å². The summed E-state index contributed by atoms with van der Waals surface area (Å²) in [5.74, 6) is 0. The second-order valence-electron chi connectivity index (χ2n) is 4.99. The molecule has 0 spiro atoms. The van der Waals surface area contributed by atoms with Crippen LogP contribution in [0.3, 0.4) is 0 Å². The Morgan fingerprint density at radius 1 is 1.39 bits per heavy atom. The number of aliphatic hydroxyl groups excluding tert-OH is 1. The van der Waals surface area contributed by atoms with Crippen LogP contribution in [0.25, 0.3) is 10.9 Å². The molecule has 94 valence electrons. The first-order chi connectivity index (χ1) is 8.79. The van der Waals surface area contributed by atoms with Crippen molar-refractivity contribution in [1.29, 1.82) is 0 Å². The van der Waals surface area contributed by atoms with Crippen LogP contribution >= 0.6 is 0 Å². The van der Waals surface area contributed by atoms with Crippen molar-refractivity contribution in [3.8, 4) is 0 Å². The van der Waals surface area contributed by atoms with E-state index in [2.05, 4.69) is 22.9 Å². The molecule has 3 heteroatoms. The first kappa shape index (κ1) is 11.5. The fourth-order valence-corrected chi connectivity index (χ4v) is 2.82. The number of rotatable bonds is 2. The van der Waals surface area contributed by atoms with Gasteiger partial charge in [-0.25, -0.2) is 0 Å². The van der Waals surface area contributed by atoms with Crippen molar-refractivity contribution < 1.29 is 5.11 Å². The molecular weight excluding hydrogens is 224 g/mol. The lowest BCUT2D eigenvalue weighted by Crippen LogP contribution is -2.26. The fraction of sp³-hybridized carbons (Fsp3) is 0.400. The molecule has 1 aromatic heterocycles. The minimum absolute atomic E-state index is 0.0000548. The first-order valence-corrected chi connectivity index (χ1v) is 6.56. The molecule has 1 saturated heterocycles.